The van der Waals surface area contributed by atoms with Gasteiger partial charge >= 0.3 is 0 Å². The Morgan fingerprint density at radius 2 is 2.00 bits per heavy atom. The summed E-state index contributed by atoms with van der Waals surface area (Å²) in [7, 11) is -1.58. The predicted octanol–water partition coefficient (Wildman–Crippen LogP) is 2.01. The Morgan fingerprint density at radius 3 is 2.62 bits per heavy atom. The molecule has 1 saturated heterocycles. The first-order valence-corrected chi connectivity index (χ1v) is 9.79. The summed E-state index contributed by atoms with van der Waals surface area (Å²) in [4.78, 5) is 4.38. The third kappa shape index (κ3) is 4.23. The summed E-state index contributed by atoms with van der Waals surface area (Å²) in [5, 5.41) is 0. The summed E-state index contributed by atoms with van der Waals surface area (Å²) in [6.07, 6.45) is 5.19. The van der Waals surface area contributed by atoms with E-state index < -0.39 is 10.0 Å². The van der Waals surface area contributed by atoms with Gasteiger partial charge < -0.3 is 9.30 Å². The minimum atomic E-state index is -3.47. The van der Waals surface area contributed by atoms with Crippen LogP contribution in [0.2, 0.25) is 0 Å². The third-order valence-electron chi connectivity index (χ3n) is 4.38. The van der Waals surface area contributed by atoms with Crippen molar-refractivity contribution in [3.05, 3.63) is 54.1 Å². The second kappa shape index (κ2) is 7.46. The normalized spacial score (nSPS) is 17.7. The van der Waals surface area contributed by atoms with Crippen molar-refractivity contribution in [1.29, 1.82) is 0 Å². The van der Waals surface area contributed by atoms with Gasteiger partial charge in [-0.05, 0) is 24.3 Å². The van der Waals surface area contributed by atoms with Gasteiger partial charge in [-0.1, -0.05) is 30.3 Å². The lowest BCUT2D eigenvalue weighted by molar-refractivity contribution is 0.0551. The maximum atomic E-state index is 12.7. The maximum Gasteiger partial charge on any atom is 0.216 e. The Morgan fingerprint density at radius 1 is 1.29 bits per heavy atom. The molecule has 1 N–H and O–H groups in total. The molecule has 1 aliphatic rings. The molecular formula is C17H23N3O3S. The Kier molecular flexibility index (Phi) is 5.33. The van der Waals surface area contributed by atoms with Crippen LogP contribution in [-0.4, -0.2) is 31.2 Å². The van der Waals surface area contributed by atoms with Crippen LogP contribution in [-0.2, 0) is 27.6 Å². The minimum absolute atomic E-state index is 0.0298. The van der Waals surface area contributed by atoms with E-state index in [1.807, 2.05) is 48.1 Å². The summed E-state index contributed by atoms with van der Waals surface area (Å²) < 4.78 is 35.5. The van der Waals surface area contributed by atoms with Crippen molar-refractivity contribution in [2.24, 2.45) is 13.0 Å². The highest BCUT2D eigenvalue weighted by molar-refractivity contribution is 7.88. The van der Waals surface area contributed by atoms with Gasteiger partial charge in [-0.2, -0.15) is 0 Å². The van der Waals surface area contributed by atoms with Crippen molar-refractivity contribution in [2.45, 2.75) is 24.6 Å². The van der Waals surface area contributed by atoms with Crippen LogP contribution in [0.1, 0.15) is 30.3 Å². The zero-order chi connectivity index (χ0) is 17.0. The molecule has 7 heteroatoms. The summed E-state index contributed by atoms with van der Waals surface area (Å²) in [5.74, 6) is 0.904. The molecule has 0 unspecified atom stereocenters. The van der Waals surface area contributed by atoms with E-state index in [9.17, 15) is 8.42 Å². The lowest BCUT2D eigenvalue weighted by Crippen LogP contribution is -2.38. The Labute approximate surface area is 142 Å². The number of imidazole rings is 1. The topological polar surface area (TPSA) is 73.2 Å². The van der Waals surface area contributed by atoms with E-state index in [2.05, 4.69) is 9.71 Å². The number of nitrogens with zero attached hydrogens (tertiary/aromatic N) is 2. The molecule has 24 heavy (non-hydrogen) atoms. The van der Waals surface area contributed by atoms with Crippen LogP contribution in [0.3, 0.4) is 0 Å². The van der Waals surface area contributed by atoms with E-state index in [1.54, 1.807) is 6.20 Å². The largest absolute Gasteiger partial charge is 0.381 e. The molecule has 0 radical (unpaired) electrons. The maximum absolute atomic E-state index is 12.7. The first kappa shape index (κ1) is 17.1. The van der Waals surface area contributed by atoms with Gasteiger partial charge in [0.05, 0.1) is 11.8 Å². The molecule has 0 saturated carbocycles. The Bertz CT molecular complexity index is 752. The molecule has 0 bridgehead atoms. The summed E-state index contributed by atoms with van der Waals surface area (Å²) in [5.41, 5.74) is 0.774. The molecule has 2 heterocycles. The van der Waals surface area contributed by atoms with Crippen molar-refractivity contribution >= 4 is 10.0 Å². The van der Waals surface area contributed by atoms with E-state index in [-0.39, 0.29) is 17.7 Å². The number of ether oxygens (including phenoxy) is 1. The van der Waals surface area contributed by atoms with Gasteiger partial charge in [-0.25, -0.2) is 18.1 Å². The van der Waals surface area contributed by atoms with Crippen LogP contribution < -0.4 is 4.72 Å². The summed E-state index contributed by atoms with van der Waals surface area (Å²) in [6.45, 7) is 1.32. The fourth-order valence-electron chi connectivity index (χ4n) is 3.11. The van der Waals surface area contributed by atoms with E-state index in [1.165, 1.54) is 0 Å². The average Bonchev–Trinajstić information content (AvgIpc) is 3.00. The zero-order valence-electron chi connectivity index (χ0n) is 13.8. The fraction of sp³-hybridized carbons (Fsp3) is 0.471. The van der Waals surface area contributed by atoms with Crippen LogP contribution in [0, 0.1) is 5.92 Å². The SMILES string of the molecule is Cn1ccnc1[C@@H](NS(=O)(=O)Cc1ccccc1)C1CCOCC1. The Balaban J connectivity index is 1.81. The number of rotatable bonds is 6. The number of hydrogen-bond donors (Lipinski definition) is 1. The van der Waals surface area contributed by atoms with Gasteiger partial charge in [0.15, 0.2) is 0 Å². The molecule has 2 aromatic rings. The number of aromatic nitrogens is 2. The van der Waals surface area contributed by atoms with Crippen molar-refractivity contribution in [3.63, 3.8) is 0 Å². The first-order valence-electron chi connectivity index (χ1n) is 8.14. The molecule has 6 nitrogen and oxygen atoms in total. The van der Waals surface area contributed by atoms with Crippen LogP contribution in [0.5, 0.6) is 0 Å². The lowest BCUT2D eigenvalue weighted by Gasteiger charge is -2.30. The number of hydrogen-bond acceptors (Lipinski definition) is 4. The van der Waals surface area contributed by atoms with Gasteiger partial charge in [0.25, 0.3) is 0 Å². The molecule has 0 spiro atoms. The quantitative estimate of drug-likeness (QED) is 0.866. The second-order valence-electron chi connectivity index (χ2n) is 6.19. The molecule has 1 fully saturated rings. The lowest BCUT2D eigenvalue weighted by atomic mass is 9.92. The van der Waals surface area contributed by atoms with Crippen molar-refractivity contribution in [2.75, 3.05) is 13.2 Å². The average molecular weight is 349 g/mol. The molecule has 1 aromatic carbocycles. The van der Waals surface area contributed by atoms with Gasteiger partial charge in [-0.15, -0.1) is 0 Å². The second-order valence-corrected chi connectivity index (χ2v) is 7.94. The molecule has 1 aromatic heterocycles. The molecule has 1 aliphatic heterocycles. The molecular weight excluding hydrogens is 326 g/mol. The summed E-state index contributed by atoms with van der Waals surface area (Å²) in [6, 6.07) is 8.89. The molecule has 1 atom stereocenters. The number of benzene rings is 1. The first-order chi connectivity index (χ1) is 11.6. The molecule has 130 valence electrons. The minimum Gasteiger partial charge on any atom is -0.381 e. The van der Waals surface area contributed by atoms with Gasteiger partial charge in [0, 0.05) is 32.7 Å². The van der Waals surface area contributed by atoms with Gasteiger partial charge in [-0.3, -0.25) is 0 Å². The fourth-order valence-corrected chi connectivity index (χ4v) is 4.51. The number of nitrogens with one attached hydrogen (secondary N) is 1. The standard InChI is InChI=1S/C17H23N3O3S/c1-20-10-9-18-17(20)16(15-7-11-23-12-8-15)19-24(21,22)13-14-5-3-2-4-6-14/h2-6,9-10,15-16,19H,7-8,11-13H2,1H3/t16-/m0/s1. The Hall–Kier alpha value is -1.70. The van der Waals surface area contributed by atoms with E-state index in [4.69, 9.17) is 4.74 Å². The van der Waals surface area contributed by atoms with E-state index in [0.29, 0.717) is 13.2 Å². The van der Waals surface area contributed by atoms with Crippen LogP contribution in [0.4, 0.5) is 0 Å². The van der Waals surface area contributed by atoms with Crippen molar-refractivity contribution in [3.8, 4) is 0 Å². The highest BCUT2D eigenvalue weighted by Gasteiger charge is 2.31. The number of sulfonamides is 1. The third-order valence-corrected chi connectivity index (χ3v) is 5.71. The molecule has 3 rings (SSSR count). The predicted molar refractivity (Wildman–Crippen MR) is 91.7 cm³/mol. The summed E-state index contributed by atoms with van der Waals surface area (Å²) >= 11 is 0. The monoisotopic (exact) mass is 349 g/mol. The van der Waals surface area contributed by atoms with Crippen LogP contribution >= 0.6 is 0 Å². The highest BCUT2D eigenvalue weighted by Crippen LogP contribution is 2.30. The smallest absolute Gasteiger partial charge is 0.216 e. The van der Waals surface area contributed by atoms with Gasteiger partial charge in [0.2, 0.25) is 10.0 Å². The molecule has 0 amide bonds. The van der Waals surface area contributed by atoms with Crippen LogP contribution in [0.25, 0.3) is 0 Å². The van der Waals surface area contributed by atoms with E-state index in [0.717, 1.165) is 24.2 Å². The van der Waals surface area contributed by atoms with Gasteiger partial charge in [0.1, 0.15) is 5.82 Å². The molecule has 0 aliphatic carbocycles. The zero-order valence-corrected chi connectivity index (χ0v) is 14.6. The van der Waals surface area contributed by atoms with Crippen molar-refractivity contribution in [1.82, 2.24) is 14.3 Å². The highest BCUT2D eigenvalue weighted by atomic mass is 32.2. The number of aryl methyl sites for hydroxylation is 1. The van der Waals surface area contributed by atoms with Crippen molar-refractivity contribution < 1.29 is 13.2 Å². The van der Waals surface area contributed by atoms with E-state index >= 15 is 0 Å². The van der Waals surface area contributed by atoms with Crippen LogP contribution in [0.15, 0.2) is 42.7 Å².